The summed E-state index contributed by atoms with van der Waals surface area (Å²) in [6.45, 7) is 4.78. The Morgan fingerprint density at radius 1 is 1.47 bits per heavy atom. The van der Waals surface area contributed by atoms with Gasteiger partial charge in [-0.05, 0) is 48.1 Å². The maximum Gasteiger partial charge on any atom is 0.197 e. The summed E-state index contributed by atoms with van der Waals surface area (Å²) in [6, 6.07) is 5.78. The molecule has 0 amide bonds. The van der Waals surface area contributed by atoms with Crippen LogP contribution in [0.3, 0.4) is 0 Å². The van der Waals surface area contributed by atoms with E-state index in [4.69, 9.17) is 0 Å². The summed E-state index contributed by atoms with van der Waals surface area (Å²) in [5.41, 5.74) is 2.52. The number of hydrogen-bond acceptors (Lipinski definition) is 2. The quantitative estimate of drug-likeness (QED) is 0.636. The van der Waals surface area contributed by atoms with Crippen molar-refractivity contribution < 1.29 is 4.79 Å². The van der Waals surface area contributed by atoms with Crippen molar-refractivity contribution in [3.8, 4) is 0 Å². The van der Waals surface area contributed by atoms with Gasteiger partial charge in [-0.3, -0.25) is 9.48 Å². The van der Waals surface area contributed by atoms with Crippen LogP contribution in [0.4, 0.5) is 0 Å². The summed E-state index contributed by atoms with van der Waals surface area (Å²) in [6.07, 6.45) is 3.42. The number of halogens is 1. The van der Waals surface area contributed by atoms with E-state index in [0.717, 1.165) is 21.2 Å². The number of nitrogens with zero attached hydrogens (tertiary/aromatic N) is 2. The fourth-order valence-corrected chi connectivity index (χ4v) is 2.24. The minimum atomic E-state index is 0.0396. The van der Waals surface area contributed by atoms with E-state index in [1.54, 1.807) is 17.1 Å². The van der Waals surface area contributed by atoms with Gasteiger partial charge in [0, 0.05) is 21.9 Å². The molecule has 0 saturated heterocycles. The first-order valence-corrected chi connectivity index (χ1v) is 6.53. The summed E-state index contributed by atoms with van der Waals surface area (Å²) in [5.74, 6) is 0.0396. The average Bonchev–Trinajstić information content (AvgIpc) is 2.80. The van der Waals surface area contributed by atoms with Crippen LogP contribution in [0, 0.1) is 10.5 Å². The standard InChI is InChI=1S/C13H13IN2O/c1-3-16-8-10(7-15-16)13(17)11-6-4-5-9(2)12(11)14/h4-8H,3H2,1-2H3. The molecule has 0 fully saturated rings. The summed E-state index contributed by atoms with van der Waals surface area (Å²) in [5, 5.41) is 4.13. The zero-order chi connectivity index (χ0) is 12.4. The van der Waals surface area contributed by atoms with Crippen LogP contribution in [0.2, 0.25) is 0 Å². The zero-order valence-corrected chi connectivity index (χ0v) is 11.9. The highest BCUT2D eigenvalue weighted by molar-refractivity contribution is 14.1. The van der Waals surface area contributed by atoms with Gasteiger partial charge < -0.3 is 0 Å². The molecule has 3 nitrogen and oxygen atoms in total. The normalized spacial score (nSPS) is 10.5. The van der Waals surface area contributed by atoms with Crippen molar-refractivity contribution in [2.24, 2.45) is 0 Å². The van der Waals surface area contributed by atoms with Crippen molar-refractivity contribution in [3.05, 3.63) is 50.9 Å². The van der Waals surface area contributed by atoms with Crippen LogP contribution in [-0.4, -0.2) is 15.6 Å². The molecule has 4 heteroatoms. The predicted molar refractivity (Wildman–Crippen MR) is 75.2 cm³/mol. The molecule has 0 N–H and O–H groups in total. The molecule has 0 unspecified atom stereocenters. The largest absolute Gasteiger partial charge is 0.288 e. The maximum atomic E-state index is 12.3. The van der Waals surface area contributed by atoms with E-state index < -0.39 is 0 Å². The molecule has 2 aromatic rings. The number of ketones is 1. The van der Waals surface area contributed by atoms with Gasteiger partial charge in [0.2, 0.25) is 0 Å². The average molecular weight is 340 g/mol. The molecule has 0 aliphatic heterocycles. The SMILES string of the molecule is CCn1cc(C(=O)c2cccc(C)c2I)cn1. The first kappa shape index (κ1) is 12.3. The number of aryl methyl sites for hydroxylation is 2. The Labute approximate surface area is 114 Å². The molecule has 0 aliphatic carbocycles. The van der Waals surface area contributed by atoms with Crippen LogP contribution in [0.15, 0.2) is 30.6 Å². The van der Waals surface area contributed by atoms with Gasteiger partial charge in [0.1, 0.15) is 0 Å². The molecule has 0 bridgehead atoms. The van der Waals surface area contributed by atoms with Crippen LogP contribution in [0.25, 0.3) is 0 Å². The first-order valence-electron chi connectivity index (χ1n) is 5.45. The summed E-state index contributed by atoms with van der Waals surface area (Å²) in [7, 11) is 0. The summed E-state index contributed by atoms with van der Waals surface area (Å²) < 4.78 is 2.77. The smallest absolute Gasteiger partial charge is 0.197 e. The molecule has 17 heavy (non-hydrogen) atoms. The van der Waals surface area contributed by atoms with Crippen molar-refractivity contribution in [2.75, 3.05) is 0 Å². The van der Waals surface area contributed by atoms with Crippen LogP contribution < -0.4 is 0 Å². The molecule has 0 saturated carbocycles. The zero-order valence-electron chi connectivity index (χ0n) is 9.77. The van der Waals surface area contributed by atoms with E-state index in [1.165, 1.54) is 0 Å². The van der Waals surface area contributed by atoms with Crippen LogP contribution >= 0.6 is 22.6 Å². The molecular weight excluding hydrogens is 327 g/mol. The third kappa shape index (κ3) is 2.41. The van der Waals surface area contributed by atoms with Crippen molar-refractivity contribution in [3.63, 3.8) is 0 Å². The highest BCUT2D eigenvalue weighted by Crippen LogP contribution is 2.19. The number of aromatic nitrogens is 2. The van der Waals surface area contributed by atoms with Gasteiger partial charge >= 0.3 is 0 Å². The Kier molecular flexibility index (Phi) is 3.61. The molecule has 0 spiro atoms. The molecule has 88 valence electrons. The molecule has 1 aromatic heterocycles. The van der Waals surface area contributed by atoms with E-state index in [-0.39, 0.29) is 5.78 Å². The minimum Gasteiger partial charge on any atom is -0.288 e. The predicted octanol–water partition coefficient (Wildman–Crippen LogP) is 3.05. The molecule has 1 heterocycles. The Balaban J connectivity index is 2.40. The number of hydrogen-bond donors (Lipinski definition) is 0. The lowest BCUT2D eigenvalue weighted by atomic mass is 10.0. The molecule has 1 aromatic carbocycles. The second-order valence-electron chi connectivity index (χ2n) is 3.85. The van der Waals surface area contributed by atoms with Gasteiger partial charge in [0.15, 0.2) is 5.78 Å². The van der Waals surface area contributed by atoms with Crippen molar-refractivity contribution in [1.82, 2.24) is 9.78 Å². The van der Waals surface area contributed by atoms with Crippen LogP contribution in [-0.2, 0) is 6.54 Å². The Bertz CT molecular complexity index is 560. The van der Waals surface area contributed by atoms with Gasteiger partial charge in [-0.1, -0.05) is 12.1 Å². The van der Waals surface area contributed by atoms with Crippen molar-refractivity contribution in [1.29, 1.82) is 0 Å². The lowest BCUT2D eigenvalue weighted by Gasteiger charge is -2.04. The van der Waals surface area contributed by atoms with Crippen molar-refractivity contribution >= 4 is 28.4 Å². The van der Waals surface area contributed by atoms with E-state index in [1.807, 2.05) is 32.0 Å². The van der Waals surface area contributed by atoms with E-state index in [9.17, 15) is 4.79 Å². The molecule has 0 atom stereocenters. The number of benzene rings is 1. The van der Waals surface area contributed by atoms with Crippen LogP contribution in [0.5, 0.6) is 0 Å². The maximum absolute atomic E-state index is 12.3. The Hall–Kier alpha value is -1.17. The first-order chi connectivity index (χ1) is 8.13. The van der Waals surface area contributed by atoms with E-state index in [2.05, 4.69) is 27.7 Å². The summed E-state index contributed by atoms with van der Waals surface area (Å²) >= 11 is 2.21. The lowest BCUT2D eigenvalue weighted by Crippen LogP contribution is -2.04. The van der Waals surface area contributed by atoms with Gasteiger partial charge in [-0.15, -0.1) is 0 Å². The van der Waals surface area contributed by atoms with E-state index in [0.29, 0.717) is 5.56 Å². The Morgan fingerprint density at radius 3 is 2.88 bits per heavy atom. The Morgan fingerprint density at radius 2 is 2.24 bits per heavy atom. The van der Waals surface area contributed by atoms with Gasteiger partial charge in [0.05, 0.1) is 11.8 Å². The fraction of sp³-hybridized carbons (Fsp3) is 0.231. The summed E-state index contributed by atoms with van der Waals surface area (Å²) in [4.78, 5) is 12.3. The minimum absolute atomic E-state index is 0.0396. The third-order valence-electron chi connectivity index (χ3n) is 2.66. The molecule has 2 rings (SSSR count). The number of carbonyl (C=O) groups excluding carboxylic acids is 1. The lowest BCUT2D eigenvalue weighted by molar-refractivity contribution is 0.103. The monoisotopic (exact) mass is 340 g/mol. The third-order valence-corrected chi connectivity index (χ3v) is 4.09. The van der Waals surface area contributed by atoms with Gasteiger partial charge in [-0.25, -0.2) is 0 Å². The van der Waals surface area contributed by atoms with Crippen LogP contribution in [0.1, 0.15) is 28.4 Å². The highest BCUT2D eigenvalue weighted by Gasteiger charge is 2.14. The fourth-order valence-electron chi connectivity index (χ4n) is 1.63. The number of carbonyl (C=O) groups is 1. The molecular formula is C13H13IN2O. The van der Waals surface area contributed by atoms with Gasteiger partial charge in [-0.2, -0.15) is 5.10 Å². The number of rotatable bonds is 3. The second kappa shape index (κ2) is 5.00. The topological polar surface area (TPSA) is 34.9 Å². The van der Waals surface area contributed by atoms with Crippen molar-refractivity contribution in [2.45, 2.75) is 20.4 Å². The highest BCUT2D eigenvalue weighted by atomic mass is 127. The molecule has 0 radical (unpaired) electrons. The second-order valence-corrected chi connectivity index (χ2v) is 4.93. The van der Waals surface area contributed by atoms with Gasteiger partial charge in [0.25, 0.3) is 0 Å². The van der Waals surface area contributed by atoms with E-state index >= 15 is 0 Å². The molecule has 0 aliphatic rings.